The second-order valence-electron chi connectivity index (χ2n) is 8.05. The van der Waals surface area contributed by atoms with E-state index in [9.17, 15) is 4.79 Å². The van der Waals surface area contributed by atoms with E-state index in [2.05, 4.69) is 66.6 Å². The highest BCUT2D eigenvalue weighted by Crippen LogP contribution is 2.09. The topological polar surface area (TPSA) is 60.0 Å². The first-order valence-electron chi connectivity index (χ1n) is 11.6. The molecule has 0 fully saturated rings. The number of carbonyl (C=O) groups excluding carboxylic acids is 1. The molecule has 2 aromatic rings. The second kappa shape index (κ2) is 15.7. The summed E-state index contributed by atoms with van der Waals surface area (Å²) >= 11 is 0. The van der Waals surface area contributed by atoms with Crippen molar-refractivity contribution in [2.24, 2.45) is 4.99 Å². The van der Waals surface area contributed by atoms with E-state index in [4.69, 9.17) is 4.99 Å². The lowest BCUT2D eigenvalue weighted by molar-refractivity contribution is 0.0827. The molecule has 0 atom stereocenters. The molecule has 0 bridgehead atoms. The van der Waals surface area contributed by atoms with Crippen molar-refractivity contribution in [1.82, 2.24) is 20.4 Å². The van der Waals surface area contributed by atoms with Crippen molar-refractivity contribution < 1.29 is 4.79 Å². The van der Waals surface area contributed by atoms with Gasteiger partial charge in [-0.05, 0) is 55.3 Å². The van der Waals surface area contributed by atoms with Gasteiger partial charge >= 0.3 is 0 Å². The molecule has 1 amide bonds. The van der Waals surface area contributed by atoms with Gasteiger partial charge in [0.1, 0.15) is 0 Å². The SMILES string of the molecule is CCNC(=NCc1ccc(CN(CC)CC)cc1)NCCc1cccc(C(=O)N(C)C)c1.I. The molecule has 2 aromatic carbocycles. The van der Waals surface area contributed by atoms with Crippen LogP contribution in [0, 0.1) is 0 Å². The summed E-state index contributed by atoms with van der Waals surface area (Å²) in [5.74, 6) is 0.832. The number of amides is 1. The van der Waals surface area contributed by atoms with Crippen molar-refractivity contribution in [1.29, 1.82) is 0 Å². The Morgan fingerprint density at radius 2 is 1.58 bits per heavy atom. The van der Waals surface area contributed by atoms with Crippen LogP contribution in [0.3, 0.4) is 0 Å². The molecule has 0 heterocycles. The van der Waals surface area contributed by atoms with Crippen LogP contribution in [0.2, 0.25) is 0 Å². The van der Waals surface area contributed by atoms with E-state index >= 15 is 0 Å². The monoisotopic (exact) mass is 565 g/mol. The van der Waals surface area contributed by atoms with E-state index in [1.165, 1.54) is 11.1 Å². The van der Waals surface area contributed by atoms with Crippen molar-refractivity contribution in [3.63, 3.8) is 0 Å². The van der Waals surface area contributed by atoms with E-state index in [0.717, 1.165) is 56.2 Å². The molecule has 33 heavy (non-hydrogen) atoms. The summed E-state index contributed by atoms with van der Waals surface area (Å²) in [5, 5.41) is 6.71. The lowest BCUT2D eigenvalue weighted by atomic mass is 10.1. The number of aliphatic imine (C=N–C) groups is 1. The fraction of sp³-hybridized carbons (Fsp3) is 0.462. The first-order chi connectivity index (χ1) is 15.5. The van der Waals surface area contributed by atoms with Crippen LogP contribution in [0.4, 0.5) is 0 Å². The predicted octanol–water partition coefficient (Wildman–Crippen LogP) is 4.15. The second-order valence-corrected chi connectivity index (χ2v) is 8.05. The summed E-state index contributed by atoms with van der Waals surface area (Å²) in [6.07, 6.45) is 0.818. The van der Waals surface area contributed by atoms with Crippen LogP contribution < -0.4 is 10.6 Å². The number of halogens is 1. The number of nitrogens with one attached hydrogen (secondary N) is 2. The number of carbonyl (C=O) groups is 1. The molecule has 0 unspecified atom stereocenters. The van der Waals surface area contributed by atoms with Gasteiger partial charge in [-0.25, -0.2) is 4.99 Å². The third-order valence-electron chi connectivity index (χ3n) is 5.37. The average Bonchev–Trinajstić information content (AvgIpc) is 2.81. The van der Waals surface area contributed by atoms with E-state index in [-0.39, 0.29) is 29.9 Å². The van der Waals surface area contributed by atoms with Gasteiger partial charge in [-0.15, -0.1) is 24.0 Å². The highest BCUT2D eigenvalue weighted by atomic mass is 127. The van der Waals surface area contributed by atoms with E-state index in [1.54, 1.807) is 19.0 Å². The van der Waals surface area contributed by atoms with Gasteiger partial charge in [0.15, 0.2) is 5.96 Å². The molecule has 0 spiro atoms. The first-order valence-corrected chi connectivity index (χ1v) is 11.6. The highest BCUT2D eigenvalue weighted by Gasteiger charge is 2.08. The van der Waals surface area contributed by atoms with Crippen LogP contribution in [0.25, 0.3) is 0 Å². The quantitative estimate of drug-likeness (QED) is 0.244. The van der Waals surface area contributed by atoms with Gasteiger partial charge in [-0.1, -0.05) is 50.2 Å². The standard InChI is InChI=1S/C26H39N5O.HI/c1-6-27-26(28-17-16-21-10-9-11-24(18-21)25(32)30(4)5)29-19-22-12-14-23(15-13-22)20-31(7-2)8-3;/h9-15,18H,6-8,16-17,19-20H2,1-5H3,(H2,27,28,29);1H. The maximum absolute atomic E-state index is 12.2. The molecule has 182 valence electrons. The Kier molecular flexibility index (Phi) is 13.7. The number of rotatable bonds is 11. The fourth-order valence-electron chi connectivity index (χ4n) is 3.41. The Balaban J connectivity index is 0.00000544. The lowest BCUT2D eigenvalue weighted by Gasteiger charge is -2.18. The Morgan fingerprint density at radius 3 is 2.18 bits per heavy atom. The molecular weight excluding hydrogens is 525 g/mol. The normalized spacial score (nSPS) is 11.2. The molecule has 0 aliphatic carbocycles. The van der Waals surface area contributed by atoms with Crippen LogP contribution in [0.5, 0.6) is 0 Å². The Hall–Kier alpha value is -2.13. The van der Waals surface area contributed by atoms with Crippen LogP contribution in [-0.2, 0) is 19.5 Å². The Bertz CT molecular complexity index is 863. The Morgan fingerprint density at radius 1 is 0.909 bits per heavy atom. The molecule has 2 N–H and O–H groups in total. The molecule has 6 nitrogen and oxygen atoms in total. The molecule has 0 aliphatic heterocycles. The van der Waals surface area contributed by atoms with Gasteiger partial charge in [-0.3, -0.25) is 9.69 Å². The van der Waals surface area contributed by atoms with Crippen LogP contribution in [-0.4, -0.2) is 61.9 Å². The molecule has 0 saturated carbocycles. The summed E-state index contributed by atoms with van der Waals surface area (Å²) in [6.45, 7) is 11.8. The van der Waals surface area contributed by atoms with Gasteiger partial charge in [0, 0.05) is 39.3 Å². The molecule has 0 aromatic heterocycles. The number of guanidine groups is 1. The zero-order valence-corrected chi connectivity index (χ0v) is 23.1. The number of hydrogen-bond donors (Lipinski definition) is 2. The van der Waals surface area contributed by atoms with Crippen molar-refractivity contribution in [3.05, 3.63) is 70.8 Å². The zero-order valence-electron chi connectivity index (χ0n) is 20.7. The van der Waals surface area contributed by atoms with E-state index < -0.39 is 0 Å². The summed E-state index contributed by atoms with van der Waals surface area (Å²) < 4.78 is 0. The third kappa shape index (κ3) is 10.1. The summed E-state index contributed by atoms with van der Waals surface area (Å²) in [7, 11) is 3.54. The summed E-state index contributed by atoms with van der Waals surface area (Å²) in [6, 6.07) is 16.6. The molecule has 0 saturated heterocycles. The smallest absolute Gasteiger partial charge is 0.253 e. The lowest BCUT2D eigenvalue weighted by Crippen LogP contribution is -2.38. The van der Waals surface area contributed by atoms with Crippen molar-refractivity contribution in [2.45, 2.75) is 40.3 Å². The van der Waals surface area contributed by atoms with Gasteiger partial charge in [0.05, 0.1) is 6.54 Å². The minimum atomic E-state index is 0. The summed E-state index contributed by atoms with van der Waals surface area (Å²) in [4.78, 5) is 20.9. The molecular formula is C26H40IN5O. The van der Waals surface area contributed by atoms with Gasteiger partial charge < -0.3 is 15.5 Å². The third-order valence-corrected chi connectivity index (χ3v) is 5.37. The number of hydrogen-bond acceptors (Lipinski definition) is 3. The molecule has 0 aliphatic rings. The van der Waals surface area contributed by atoms with Crippen molar-refractivity contribution in [3.8, 4) is 0 Å². The van der Waals surface area contributed by atoms with Crippen molar-refractivity contribution in [2.75, 3.05) is 40.3 Å². The van der Waals surface area contributed by atoms with Crippen LogP contribution >= 0.6 is 24.0 Å². The molecule has 0 radical (unpaired) electrons. The van der Waals surface area contributed by atoms with Crippen molar-refractivity contribution >= 4 is 35.8 Å². The first kappa shape index (κ1) is 28.9. The zero-order chi connectivity index (χ0) is 23.3. The van der Waals surface area contributed by atoms with Gasteiger partial charge in [0.2, 0.25) is 0 Å². The molecule has 7 heteroatoms. The van der Waals surface area contributed by atoms with E-state index in [1.807, 2.05) is 18.2 Å². The highest BCUT2D eigenvalue weighted by molar-refractivity contribution is 14.0. The van der Waals surface area contributed by atoms with E-state index in [0.29, 0.717) is 6.54 Å². The largest absolute Gasteiger partial charge is 0.357 e. The maximum Gasteiger partial charge on any atom is 0.253 e. The minimum absolute atomic E-state index is 0. The van der Waals surface area contributed by atoms with Gasteiger partial charge in [0.25, 0.3) is 5.91 Å². The Labute approximate surface area is 216 Å². The number of nitrogens with zero attached hydrogens (tertiary/aromatic N) is 3. The number of benzene rings is 2. The minimum Gasteiger partial charge on any atom is -0.357 e. The molecule has 2 rings (SSSR count). The van der Waals surface area contributed by atoms with Crippen LogP contribution in [0.15, 0.2) is 53.5 Å². The predicted molar refractivity (Wildman–Crippen MR) is 149 cm³/mol. The van der Waals surface area contributed by atoms with Crippen LogP contribution in [0.1, 0.15) is 47.8 Å². The maximum atomic E-state index is 12.2. The summed E-state index contributed by atoms with van der Waals surface area (Å²) in [5.41, 5.74) is 4.38. The average molecular weight is 566 g/mol. The fourth-order valence-corrected chi connectivity index (χ4v) is 3.41. The van der Waals surface area contributed by atoms with Gasteiger partial charge in [-0.2, -0.15) is 0 Å².